The van der Waals surface area contributed by atoms with Gasteiger partial charge in [-0.25, -0.2) is 0 Å². The molecule has 18 atom stereocenters. The van der Waals surface area contributed by atoms with Gasteiger partial charge in [0.1, 0.15) is 54.6 Å². The molecule has 26 heteroatoms. The first kappa shape index (κ1) is 75.9. The number of aliphatic hydroxyl groups excluding tert-OH is 6. The first-order valence-corrected chi connectivity index (χ1v) is 31.9. The lowest BCUT2D eigenvalue weighted by atomic mass is 9.99. The van der Waals surface area contributed by atoms with E-state index in [1.54, 1.807) is 0 Å². The van der Waals surface area contributed by atoms with Crippen molar-refractivity contribution in [1.82, 2.24) is 10.2 Å². The molecule has 0 aromatic heterocycles. The number of esters is 4. The molecule has 0 radical (unpaired) electrons. The molecular weight excluding hydrogens is 1140 g/mol. The Morgan fingerprint density at radius 1 is 0.471 bits per heavy atom. The fourth-order valence-electron chi connectivity index (χ4n) is 11.1. The predicted molar refractivity (Wildman–Crippen MR) is 310 cm³/mol. The number of rotatable bonds is 42. The molecule has 4 rings (SSSR count). The SMILES string of the molecule is CCCC(OC1OCC(O)C(OC2OCC(OC3OCC(OC(C)=O)C(OC(C)=O)C3OC(C)=O)C(O)C2O)C1OC1OCC(OC(C)=O)C(O)C1O)C(O)CCCCCCCC(=O)CCCCCCCCCCCCC(=O)NCCCCCN(C)C. The predicted octanol–water partition coefficient (Wildman–Crippen LogP) is 3.47. The molecule has 0 spiro atoms. The third-order valence-corrected chi connectivity index (χ3v) is 15.8. The van der Waals surface area contributed by atoms with Crippen molar-refractivity contribution in [3.63, 3.8) is 0 Å². The van der Waals surface area contributed by atoms with Gasteiger partial charge in [0.15, 0.2) is 49.6 Å². The first-order valence-electron chi connectivity index (χ1n) is 31.9. The number of amides is 1. The van der Waals surface area contributed by atoms with E-state index in [9.17, 15) is 59.4 Å². The van der Waals surface area contributed by atoms with Crippen molar-refractivity contribution in [1.29, 1.82) is 0 Å². The van der Waals surface area contributed by atoms with Gasteiger partial charge >= 0.3 is 23.9 Å². The molecule has 7 N–H and O–H groups in total. The van der Waals surface area contributed by atoms with Crippen LogP contribution in [0.5, 0.6) is 0 Å². The van der Waals surface area contributed by atoms with E-state index in [1.807, 2.05) is 6.92 Å². The fourth-order valence-corrected chi connectivity index (χ4v) is 11.1. The molecule has 18 unspecified atom stereocenters. The number of carbonyl (C=O) groups is 6. The Hall–Kier alpha value is -3.58. The lowest BCUT2D eigenvalue weighted by molar-refractivity contribution is -0.379. The maximum atomic E-state index is 12.7. The van der Waals surface area contributed by atoms with E-state index in [0.717, 1.165) is 124 Å². The summed E-state index contributed by atoms with van der Waals surface area (Å²) in [6.45, 7) is 6.39. The van der Waals surface area contributed by atoms with Crippen molar-refractivity contribution in [3.05, 3.63) is 0 Å². The molecule has 0 aromatic rings. The third kappa shape index (κ3) is 28.2. The summed E-state index contributed by atoms with van der Waals surface area (Å²) >= 11 is 0. The Morgan fingerprint density at radius 2 is 0.931 bits per heavy atom. The van der Waals surface area contributed by atoms with Gasteiger partial charge < -0.3 is 97.7 Å². The van der Waals surface area contributed by atoms with Gasteiger partial charge in [-0.15, -0.1) is 0 Å². The number of hydrogen-bond donors (Lipinski definition) is 7. The van der Waals surface area contributed by atoms with Gasteiger partial charge in [-0.1, -0.05) is 96.8 Å². The third-order valence-electron chi connectivity index (χ3n) is 15.8. The molecule has 0 aromatic carbocycles. The van der Waals surface area contributed by atoms with E-state index >= 15 is 0 Å². The number of ketones is 1. The Kier molecular flexibility index (Phi) is 36.4. The molecule has 0 bridgehead atoms. The van der Waals surface area contributed by atoms with Crippen LogP contribution in [0.4, 0.5) is 0 Å². The summed E-state index contributed by atoms with van der Waals surface area (Å²) < 4.78 is 69.2. The smallest absolute Gasteiger partial charge is 0.303 e. The van der Waals surface area contributed by atoms with Crippen LogP contribution in [0.15, 0.2) is 0 Å². The van der Waals surface area contributed by atoms with Crippen LogP contribution in [-0.2, 0) is 85.6 Å². The molecule has 4 aliphatic heterocycles. The van der Waals surface area contributed by atoms with Crippen molar-refractivity contribution in [3.8, 4) is 0 Å². The molecule has 26 nitrogen and oxygen atoms in total. The number of unbranched alkanes of at least 4 members (excludes halogenated alkanes) is 15. The highest BCUT2D eigenvalue weighted by molar-refractivity contribution is 5.78. The second-order valence-corrected chi connectivity index (χ2v) is 23.8. The summed E-state index contributed by atoms with van der Waals surface area (Å²) in [5.74, 6) is -2.68. The summed E-state index contributed by atoms with van der Waals surface area (Å²) in [7, 11) is 4.15. The summed E-state index contributed by atoms with van der Waals surface area (Å²) in [5, 5.41) is 71.2. The zero-order valence-electron chi connectivity index (χ0n) is 52.6. The molecule has 4 fully saturated rings. The fraction of sp³-hybridized carbons (Fsp3) is 0.902. The van der Waals surface area contributed by atoms with Gasteiger partial charge in [-0.05, 0) is 65.6 Å². The van der Waals surface area contributed by atoms with Gasteiger partial charge in [0.2, 0.25) is 5.91 Å². The molecule has 504 valence electrons. The van der Waals surface area contributed by atoms with Crippen LogP contribution in [0, 0.1) is 0 Å². The van der Waals surface area contributed by atoms with Gasteiger partial charge in [-0.2, -0.15) is 0 Å². The van der Waals surface area contributed by atoms with Crippen LogP contribution in [-0.4, -0.2) is 235 Å². The topological polar surface area (TPSA) is 350 Å². The minimum absolute atomic E-state index is 0.167. The van der Waals surface area contributed by atoms with Crippen molar-refractivity contribution in [2.24, 2.45) is 0 Å². The largest absolute Gasteiger partial charge is 0.457 e. The molecule has 0 aliphatic carbocycles. The Morgan fingerprint density at radius 3 is 1.49 bits per heavy atom. The van der Waals surface area contributed by atoms with E-state index < -0.39 is 154 Å². The first-order chi connectivity index (χ1) is 41.6. The van der Waals surface area contributed by atoms with E-state index in [4.69, 9.17) is 56.8 Å². The molecule has 4 saturated heterocycles. The summed E-state index contributed by atoms with van der Waals surface area (Å²) in [5.41, 5.74) is 0. The number of ether oxygens (including phenoxy) is 12. The van der Waals surface area contributed by atoms with Crippen molar-refractivity contribution in [2.45, 2.75) is 299 Å². The lowest BCUT2D eigenvalue weighted by Gasteiger charge is -2.47. The molecule has 87 heavy (non-hydrogen) atoms. The molecule has 0 saturated carbocycles. The van der Waals surface area contributed by atoms with Gasteiger partial charge in [0.25, 0.3) is 0 Å². The van der Waals surface area contributed by atoms with Crippen LogP contribution < -0.4 is 5.32 Å². The quantitative estimate of drug-likeness (QED) is 0.0261. The number of carbonyl (C=O) groups excluding carboxylic acids is 6. The maximum absolute atomic E-state index is 12.7. The Balaban J connectivity index is 1.23. The molecule has 1 amide bonds. The highest BCUT2D eigenvalue weighted by Crippen LogP contribution is 2.34. The van der Waals surface area contributed by atoms with Gasteiger partial charge in [0, 0.05) is 53.5 Å². The minimum Gasteiger partial charge on any atom is -0.457 e. The van der Waals surface area contributed by atoms with Crippen LogP contribution in [0.25, 0.3) is 0 Å². The molecular formula is C61H106N2O24. The van der Waals surface area contributed by atoms with Crippen molar-refractivity contribution >= 4 is 35.6 Å². The average molecular weight is 1250 g/mol. The zero-order chi connectivity index (χ0) is 63.8. The highest BCUT2D eigenvalue weighted by Gasteiger charge is 2.54. The number of nitrogens with one attached hydrogen (secondary N) is 1. The second-order valence-electron chi connectivity index (χ2n) is 23.8. The van der Waals surface area contributed by atoms with E-state index in [-0.39, 0.29) is 18.3 Å². The van der Waals surface area contributed by atoms with Crippen molar-refractivity contribution < 1.29 is 116 Å². The van der Waals surface area contributed by atoms with E-state index in [0.29, 0.717) is 44.9 Å². The van der Waals surface area contributed by atoms with Gasteiger partial charge in [-0.3, -0.25) is 28.8 Å². The summed E-state index contributed by atoms with van der Waals surface area (Å²) in [4.78, 5) is 74.9. The number of Topliss-reactive ketones (excluding diaryl/α,β-unsaturated/α-hetero) is 1. The number of aliphatic hydroxyl groups is 6. The maximum Gasteiger partial charge on any atom is 0.303 e. The Bertz CT molecular complexity index is 1990. The minimum atomic E-state index is -1.93. The van der Waals surface area contributed by atoms with Gasteiger partial charge in [0.05, 0.1) is 38.6 Å². The molecule has 4 heterocycles. The lowest BCUT2D eigenvalue weighted by Crippen LogP contribution is -2.64. The molecule has 4 aliphatic rings. The van der Waals surface area contributed by atoms with Crippen LogP contribution >= 0.6 is 0 Å². The summed E-state index contributed by atoms with van der Waals surface area (Å²) in [6.07, 6.45) is -5.61. The highest BCUT2D eigenvalue weighted by atomic mass is 16.8. The monoisotopic (exact) mass is 1250 g/mol. The Labute approximate surface area is 513 Å². The zero-order valence-corrected chi connectivity index (χ0v) is 52.6. The van der Waals surface area contributed by atoms with Crippen molar-refractivity contribution in [2.75, 3.05) is 53.6 Å². The van der Waals surface area contributed by atoms with E-state index in [2.05, 4.69) is 24.3 Å². The van der Waals surface area contributed by atoms with Crippen LogP contribution in [0.1, 0.15) is 189 Å². The normalized spacial score (nSPS) is 30.0. The summed E-state index contributed by atoms with van der Waals surface area (Å²) in [6, 6.07) is 0. The number of hydrogen-bond acceptors (Lipinski definition) is 25. The van der Waals surface area contributed by atoms with E-state index in [1.165, 1.54) is 25.7 Å². The average Bonchev–Trinajstić information content (AvgIpc) is 0.991. The van der Waals surface area contributed by atoms with Crippen LogP contribution in [0.3, 0.4) is 0 Å². The standard InChI is InChI=1S/C61H106N2O24/c1-8-27-45(43(69)30-23-18-15-17-22-29-42(68)28-21-16-13-11-9-10-12-14-19-24-31-49(71)62-32-25-20-26-33-63(6)7)84-60-56(87-59-52(74)50(72)46(35-77-59)80-38(2)64)54(44(70)34-76-60)86-58-53(75)51(73)47(36-78-58)85-61-57(83-41(5)67)55(82-40(4)66)48(37-79-61)81-39(3)65/h43-48,50-61,69-70,72-75H,8-37H2,1-7H3,(H,62,71). The number of nitrogens with zero attached hydrogens (tertiary/aromatic N) is 1. The second kappa shape index (κ2) is 41.7. The van der Waals surface area contributed by atoms with Crippen LogP contribution in [0.2, 0.25) is 0 Å².